The van der Waals surface area contributed by atoms with Gasteiger partial charge < -0.3 is 16.0 Å². The Morgan fingerprint density at radius 1 is 1.07 bits per heavy atom. The summed E-state index contributed by atoms with van der Waals surface area (Å²) in [6.07, 6.45) is 0. The van der Waals surface area contributed by atoms with E-state index in [4.69, 9.17) is 0 Å². The van der Waals surface area contributed by atoms with E-state index in [1.807, 2.05) is 13.8 Å². The first kappa shape index (κ1) is 21.7. The van der Waals surface area contributed by atoms with Gasteiger partial charge in [0.15, 0.2) is 4.34 Å². The van der Waals surface area contributed by atoms with Crippen LogP contribution >= 0.6 is 23.1 Å². The summed E-state index contributed by atoms with van der Waals surface area (Å²) in [5.74, 6) is -0.931. The Morgan fingerprint density at radius 2 is 1.80 bits per heavy atom. The Bertz CT molecular complexity index is 1020. The number of carbonyl (C=O) groups excluding carboxylic acids is 2. The lowest BCUT2D eigenvalue weighted by Crippen LogP contribution is -2.19. The van der Waals surface area contributed by atoms with Crippen molar-refractivity contribution in [2.24, 2.45) is 0 Å². The maximum absolute atomic E-state index is 13.0. The van der Waals surface area contributed by atoms with Crippen LogP contribution in [0, 0.1) is 5.82 Å². The van der Waals surface area contributed by atoms with Gasteiger partial charge in [0.25, 0.3) is 5.91 Å². The average molecular weight is 446 g/mol. The van der Waals surface area contributed by atoms with E-state index >= 15 is 0 Å². The number of nitrogens with zero attached hydrogens (tertiary/aromatic N) is 2. The summed E-state index contributed by atoms with van der Waals surface area (Å²) >= 11 is 2.65. The van der Waals surface area contributed by atoms with Crippen molar-refractivity contribution in [1.29, 1.82) is 0 Å². The molecule has 0 saturated carbocycles. The van der Waals surface area contributed by atoms with Crippen LogP contribution in [0.25, 0.3) is 0 Å². The number of carbonyl (C=O) groups is 2. The first-order chi connectivity index (χ1) is 14.4. The number of nitrogens with one attached hydrogen (secondary N) is 3. The second-order valence-electron chi connectivity index (χ2n) is 6.52. The molecule has 0 bridgehead atoms. The van der Waals surface area contributed by atoms with Crippen LogP contribution in [-0.4, -0.2) is 33.8 Å². The molecular weight excluding hydrogens is 425 g/mol. The lowest BCUT2D eigenvalue weighted by atomic mass is 10.1. The number of para-hydroxylation sites is 1. The molecule has 30 heavy (non-hydrogen) atoms. The van der Waals surface area contributed by atoms with Crippen molar-refractivity contribution in [3.63, 3.8) is 0 Å². The smallest absolute Gasteiger partial charge is 0.257 e. The van der Waals surface area contributed by atoms with Crippen molar-refractivity contribution in [2.75, 3.05) is 21.7 Å². The molecule has 0 spiro atoms. The lowest BCUT2D eigenvalue weighted by Gasteiger charge is -2.11. The number of anilines is 3. The van der Waals surface area contributed by atoms with Gasteiger partial charge in [0, 0.05) is 11.7 Å². The fraction of sp³-hybridized carbons (Fsp3) is 0.200. The van der Waals surface area contributed by atoms with Gasteiger partial charge in [-0.25, -0.2) is 4.39 Å². The molecule has 156 valence electrons. The summed E-state index contributed by atoms with van der Waals surface area (Å²) in [5, 5.41) is 17.4. The second-order valence-corrected chi connectivity index (χ2v) is 8.72. The predicted octanol–water partition coefficient (Wildman–Crippen LogP) is 4.48. The summed E-state index contributed by atoms with van der Waals surface area (Å²) in [6, 6.07) is 12.4. The van der Waals surface area contributed by atoms with Crippen molar-refractivity contribution in [3.05, 3.63) is 59.9 Å². The highest BCUT2D eigenvalue weighted by atomic mass is 32.2. The van der Waals surface area contributed by atoms with Crippen molar-refractivity contribution < 1.29 is 14.0 Å². The molecule has 3 N–H and O–H groups in total. The van der Waals surface area contributed by atoms with Gasteiger partial charge in [-0.15, -0.1) is 10.2 Å². The third kappa shape index (κ3) is 6.26. The molecule has 0 radical (unpaired) electrons. The minimum Gasteiger partial charge on any atom is -0.358 e. The minimum absolute atomic E-state index is 0.129. The zero-order valence-electron chi connectivity index (χ0n) is 16.3. The topological polar surface area (TPSA) is 96.0 Å². The molecule has 1 heterocycles. The molecule has 0 atom stereocenters. The molecule has 7 nitrogen and oxygen atoms in total. The Balaban J connectivity index is 1.59. The zero-order chi connectivity index (χ0) is 21.5. The zero-order valence-corrected chi connectivity index (χ0v) is 17.9. The van der Waals surface area contributed by atoms with E-state index in [1.54, 1.807) is 24.3 Å². The Labute approximate surface area is 181 Å². The van der Waals surface area contributed by atoms with Crippen LogP contribution in [0.15, 0.2) is 52.9 Å². The second kappa shape index (κ2) is 10.2. The van der Waals surface area contributed by atoms with Gasteiger partial charge in [-0.3, -0.25) is 9.59 Å². The van der Waals surface area contributed by atoms with Gasteiger partial charge in [-0.2, -0.15) is 0 Å². The summed E-state index contributed by atoms with van der Waals surface area (Å²) in [4.78, 5) is 25.0. The van der Waals surface area contributed by atoms with Crippen molar-refractivity contribution in [2.45, 2.75) is 24.2 Å². The van der Waals surface area contributed by atoms with E-state index in [1.165, 1.54) is 47.4 Å². The molecule has 10 heteroatoms. The number of benzene rings is 2. The first-order valence-corrected chi connectivity index (χ1v) is 10.9. The Hall–Kier alpha value is -2.98. The number of amides is 2. The molecule has 0 aliphatic carbocycles. The van der Waals surface area contributed by atoms with Crippen LogP contribution in [0.3, 0.4) is 0 Å². The largest absolute Gasteiger partial charge is 0.358 e. The van der Waals surface area contributed by atoms with Gasteiger partial charge in [0.05, 0.1) is 17.0 Å². The van der Waals surface area contributed by atoms with Crippen LogP contribution in [0.4, 0.5) is 20.9 Å². The van der Waals surface area contributed by atoms with E-state index in [0.29, 0.717) is 26.4 Å². The van der Waals surface area contributed by atoms with E-state index in [9.17, 15) is 14.0 Å². The monoisotopic (exact) mass is 445 g/mol. The van der Waals surface area contributed by atoms with Gasteiger partial charge in [-0.1, -0.05) is 35.2 Å². The third-order valence-corrected chi connectivity index (χ3v) is 5.68. The van der Waals surface area contributed by atoms with Crippen LogP contribution < -0.4 is 16.0 Å². The molecule has 2 amide bonds. The van der Waals surface area contributed by atoms with Crippen LogP contribution in [-0.2, 0) is 4.79 Å². The summed E-state index contributed by atoms with van der Waals surface area (Å²) in [7, 11) is 0. The third-order valence-electron chi connectivity index (χ3n) is 3.69. The highest BCUT2D eigenvalue weighted by molar-refractivity contribution is 8.01. The van der Waals surface area contributed by atoms with Crippen molar-refractivity contribution in [3.8, 4) is 0 Å². The number of thioether (sulfide) groups is 1. The minimum atomic E-state index is -0.404. The van der Waals surface area contributed by atoms with Gasteiger partial charge in [0.1, 0.15) is 5.82 Å². The quantitative estimate of drug-likeness (QED) is 0.443. The molecule has 0 unspecified atom stereocenters. The maximum atomic E-state index is 13.0. The lowest BCUT2D eigenvalue weighted by molar-refractivity contribution is -0.113. The van der Waals surface area contributed by atoms with Crippen LogP contribution in [0.5, 0.6) is 0 Å². The molecule has 0 fully saturated rings. The molecule has 0 aliphatic heterocycles. The van der Waals surface area contributed by atoms with E-state index in [-0.39, 0.29) is 23.5 Å². The van der Waals surface area contributed by atoms with E-state index in [0.717, 1.165) is 0 Å². The molecular formula is C20H20FN5O2S2. The number of halogens is 1. The number of aromatic nitrogens is 2. The molecule has 1 aromatic heterocycles. The van der Waals surface area contributed by atoms with Gasteiger partial charge >= 0.3 is 0 Å². The fourth-order valence-corrected chi connectivity index (χ4v) is 4.11. The average Bonchev–Trinajstić information content (AvgIpc) is 3.15. The normalized spacial score (nSPS) is 10.7. The van der Waals surface area contributed by atoms with Crippen LogP contribution in [0.1, 0.15) is 24.2 Å². The standard InChI is InChI=1S/C20H20FN5O2S2/c1-12(2)22-19-25-26-20(30-19)29-11-17(27)24-16-6-4-3-5-15(16)18(28)23-14-9-7-13(21)8-10-14/h3-10,12H,11H2,1-2H3,(H,22,25)(H,23,28)(H,24,27). The first-order valence-electron chi connectivity index (χ1n) is 9.09. The highest BCUT2D eigenvalue weighted by Gasteiger charge is 2.14. The van der Waals surface area contributed by atoms with Gasteiger partial charge in [0.2, 0.25) is 11.0 Å². The number of rotatable bonds is 8. The van der Waals surface area contributed by atoms with E-state index in [2.05, 4.69) is 26.1 Å². The molecule has 3 aromatic rings. The number of hydrogen-bond acceptors (Lipinski definition) is 7. The summed E-state index contributed by atoms with van der Waals surface area (Å²) in [6.45, 7) is 4.01. The summed E-state index contributed by atoms with van der Waals surface area (Å²) < 4.78 is 13.7. The Kier molecular flexibility index (Phi) is 7.36. The fourth-order valence-electron chi connectivity index (χ4n) is 2.41. The molecule has 2 aromatic carbocycles. The molecule has 0 saturated heterocycles. The highest BCUT2D eigenvalue weighted by Crippen LogP contribution is 2.26. The van der Waals surface area contributed by atoms with Crippen molar-refractivity contribution in [1.82, 2.24) is 10.2 Å². The van der Waals surface area contributed by atoms with Gasteiger partial charge in [-0.05, 0) is 50.2 Å². The van der Waals surface area contributed by atoms with Crippen LogP contribution in [0.2, 0.25) is 0 Å². The van der Waals surface area contributed by atoms with E-state index < -0.39 is 5.91 Å². The Morgan fingerprint density at radius 3 is 2.53 bits per heavy atom. The molecule has 0 aliphatic rings. The number of hydrogen-bond donors (Lipinski definition) is 3. The SMILES string of the molecule is CC(C)Nc1nnc(SCC(=O)Nc2ccccc2C(=O)Nc2ccc(F)cc2)s1. The van der Waals surface area contributed by atoms with Crippen molar-refractivity contribution >= 4 is 51.4 Å². The maximum Gasteiger partial charge on any atom is 0.257 e. The molecule has 3 rings (SSSR count). The predicted molar refractivity (Wildman–Crippen MR) is 119 cm³/mol. The summed E-state index contributed by atoms with van der Waals surface area (Å²) in [5.41, 5.74) is 1.15.